The monoisotopic (exact) mass is 245 g/mol. The molecule has 1 aromatic rings. The fourth-order valence-corrected chi connectivity index (χ4v) is 1.34. The number of hydrogen-bond acceptors (Lipinski definition) is 3. The molecule has 0 fully saturated rings. The average Bonchev–Trinajstić information content (AvgIpc) is 2.23. The van der Waals surface area contributed by atoms with Gasteiger partial charge in [-0.05, 0) is 45.0 Å². The van der Waals surface area contributed by atoms with E-state index in [4.69, 9.17) is 4.74 Å². The van der Waals surface area contributed by atoms with E-state index >= 15 is 0 Å². The van der Waals surface area contributed by atoms with Crippen LogP contribution in [-0.4, -0.2) is 25.3 Å². The van der Waals surface area contributed by atoms with Crippen LogP contribution < -0.4 is 10.1 Å². The number of phenolic OH excluding ortho intramolecular Hbond substituents is 1. The Hall–Kier alpha value is -0.930. The predicted octanol–water partition coefficient (Wildman–Crippen LogP) is 2.58. The Kier molecular flexibility index (Phi) is 8.77. The van der Waals surface area contributed by atoms with Crippen LogP contribution in [0, 0.1) is 0 Å². The van der Waals surface area contributed by atoms with E-state index in [-0.39, 0.29) is 18.2 Å². The molecule has 0 heterocycles. The minimum Gasteiger partial charge on any atom is -0.508 e. The predicted molar refractivity (Wildman–Crippen MR) is 68.6 cm³/mol. The molecule has 0 radical (unpaired) electrons. The van der Waals surface area contributed by atoms with Gasteiger partial charge in [0.25, 0.3) is 0 Å². The number of benzene rings is 1. The molecule has 0 atom stereocenters. The smallest absolute Gasteiger partial charge is 0.122 e. The van der Waals surface area contributed by atoms with Crippen LogP contribution in [0.25, 0.3) is 0 Å². The summed E-state index contributed by atoms with van der Waals surface area (Å²) < 4.78 is 5.49. The van der Waals surface area contributed by atoms with Gasteiger partial charge in [0.2, 0.25) is 0 Å². The van der Waals surface area contributed by atoms with Gasteiger partial charge >= 0.3 is 0 Å². The maximum Gasteiger partial charge on any atom is 0.122 e. The molecule has 0 aliphatic rings. The Morgan fingerprint density at radius 3 is 2.75 bits per heavy atom. The zero-order valence-electron chi connectivity index (χ0n) is 9.61. The molecule has 0 aliphatic heterocycles. The summed E-state index contributed by atoms with van der Waals surface area (Å²) in [5.74, 6) is 0.992. The molecule has 3 nitrogen and oxygen atoms in total. The van der Waals surface area contributed by atoms with Gasteiger partial charge in [0, 0.05) is 6.07 Å². The Bertz CT molecular complexity index is 281. The quantitative estimate of drug-likeness (QED) is 0.726. The first-order chi connectivity index (χ1) is 7.33. The summed E-state index contributed by atoms with van der Waals surface area (Å²) in [6, 6.07) is 6.91. The van der Waals surface area contributed by atoms with Crippen molar-refractivity contribution in [3.63, 3.8) is 0 Å². The molecule has 92 valence electrons. The molecule has 0 aliphatic carbocycles. The van der Waals surface area contributed by atoms with Crippen molar-refractivity contribution in [3.8, 4) is 11.5 Å². The lowest BCUT2D eigenvalue weighted by Crippen LogP contribution is -2.07. The van der Waals surface area contributed by atoms with Crippen LogP contribution in [0.1, 0.15) is 19.3 Å². The molecule has 1 rings (SSSR count). The van der Waals surface area contributed by atoms with Crippen LogP contribution >= 0.6 is 12.4 Å². The van der Waals surface area contributed by atoms with E-state index in [1.165, 1.54) is 12.8 Å². The van der Waals surface area contributed by atoms with Gasteiger partial charge in [-0.3, -0.25) is 0 Å². The first kappa shape index (κ1) is 15.1. The van der Waals surface area contributed by atoms with Gasteiger partial charge < -0.3 is 15.2 Å². The highest BCUT2D eigenvalue weighted by molar-refractivity contribution is 5.85. The summed E-state index contributed by atoms with van der Waals surface area (Å²) in [5.41, 5.74) is 0. The number of aromatic hydroxyl groups is 1. The number of phenols is 1. The zero-order chi connectivity index (χ0) is 10.9. The topological polar surface area (TPSA) is 41.5 Å². The van der Waals surface area contributed by atoms with E-state index in [1.54, 1.807) is 18.2 Å². The molecular formula is C12H20ClNO2. The fourth-order valence-electron chi connectivity index (χ4n) is 1.34. The van der Waals surface area contributed by atoms with Crippen molar-refractivity contribution in [2.75, 3.05) is 20.2 Å². The van der Waals surface area contributed by atoms with Gasteiger partial charge in [-0.2, -0.15) is 0 Å². The van der Waals surface area contributed by atoms with E-state index in [0.717, 1.165) is 18.7 Å². The summed E-state index contributed by atoms with van der Waals surface area (Å²) in [4.78, 5) is 0. The van der Waals surface area contributed by atoms with Crippen LogP contribution in [-0.2, 0) is 0 Å². The molecule has 16 heavy (non-hydrogen) atoms. The average molecular weight is 246 g/mol. The minimum atomic E-state index is 0. The summed E-state index contributed by atoms with van der Waals surface area (Å²) >= 11 is 0. The van der Waals surface area contributed by atoms with Gasteiger partial charge in [0.1, 0.15) is 11.5 Å². The van der Waals surface area contributed by atoms with Crippen molar-refractivity contribution in [3.05, 3.63) is 24.3 Å². The first-order valence-electron chi connectivity index (χ1n) is 5.39. The third kappa shape index (κ3) is 6.53. The normalized spacial score (nSPS) is 9.56. The maximum absolute atomic E-state index is 9.20. The SMILES string of the molecule is CNCCCCCOc1cccc(O)c1.Cl. The van der Waals surface area contributed by atoms with E-state index in [9.17, 15) is 5.11 Å². The van der Waals surface area contributed by atoms with Gasteiger partial charge in [-0.15, -0.1) is 12.4 Å². The van der Waals surface area contributed by atoms with Crippen LogP contribution in [0.15, 0.2) is 24.3 Å². The number of hydrogen-bond donors (Lipinski definition) is 2. The number of unbranched alkanes of at least 4 members (excludes halogenated alkanes) is 2. The highest BCUT2D eigenvalue weighted by Gasteiger charge is 1.94. The Balaban J connectivity index is 0.00000225. The minimum absolute atomic E-state index is 0. The van der Waals surface area contributed by atoms with Crippen molar-refractivity contribution in [1.82, 2.24) is 5.32 Å². The van der Waals surface area contributed by atoms with Crippen molar-refractivity contribution < 1.29 is 9.84 Å². The van der Waals surface area contributed by atoms with Gasteiger partial charge in [-0.25, -0.2) is 0 Å². The summed E-state index contributed by atoms with van der Waals surface area (Å²) in [6.45, 7) is 1.78. The van der Waals surface area contributed by atoms with Crippen molar-refractivity contribution in [2.24, 2.45) is 0 Å². The summed E-state index contributed by atoms with van der Waals surface area (Å²) in [5, 5.41) is 12.3. The Morgan fingerprint density at radius 1 is 1.25 bits per heavy atom. The molecule has 4 heteroatoms. The lowest BCUT2D eigenvalue weighted by Gasteiger charge is -2.06. The van der Waals surface area contributed by atoms with Gasteiger partial charge in [-0.1, -0.05) is 6.07 Å². The lowest BCUT2D eigenvalue weighted by atomic mass is 10.2. The van der Waals surface area contributed by atoms with Crippen LogP contribution in [0.2, 0.25) is 0 Å². The van der Waals surface area contributed by atoms with Crippen LogP contribution in [0.3, 0.4) is 0 Å². The molecule has 0 aromatic heterocycles. The number of ether oxygens (including phenoxy) is 1. The van der Waals surface area contributed by atoms with E-state index in [2.05, 4.69) is 5.32 Å². The number of halogens is 1. The highest BCUT2D eigenvalue weighted by atomic mass is 35.5. The second-order valence-corrected chi connectivity index (χ2v) is 3.51. The Morgan fingerprint density at radius 2 is 2.06 bits per heavy atom. The third-order valence-corrected chi connectivity index (χ3v) is 2.16. The second-order valence-electron chi connectivity index (χ2n) is 3.51. The fraction of sp³-hybridized carbons (Fsp3) is 0.500. The summed E-state index contributed by atoms with van der Waals surface area (Å²) in [6.07, 6.45) is 3.40. The highest BCUT2D eigenvalue weighted by Crippen LogP contribution is 2.17. The molecular weight excluding hydrogens is 226 g/mol. The second kappa shape index (κ2) is 9.31. The van der Waals surface area contributed by atoms with Crippen molar-refractivity contribution in [2.45, 2.75) is 19.3 Å². The standard InChI is InChI=1S/C12H19NO2.ClH/c1-13-8-3-2-4-9-15-12-7-5-6-11(14)10-12;/h5-7,10,13-14H,2-4,8-9H2,1H3;1H. The van der Waals surface area contributed by atoms with Crippen molar-refractivity contribution in [1.29, 1.82) is 0 Å². The molecule has 0 saturated carbocycles. The van der Waals surface area contributed by atoms with Gasteiger partial charge in [0.05, 0.1) is 6.61 Å². The largest absolute Gasteiger partial charge is 0.508 e. The Labute approximate surface area is 103 Å². The molecule has 0 unspecified atom stereocenters. The third-order valence-electron chi connectivity index (χ3n) is 2.16. The maximum atomic E-state index is 9.20. The molecule has 0 saturated heterocycles. The van der Waals surface area contributed by atoms with Crippen LogP contribution in [0.5, 0.6) is 11.5 Å². The number of rotatable bonds is 7. The summed E-state index contributed by atoms with van der Waals surface area (Å²) in [7, 11) is 1.96. The van der Waals surface area contributed by atoms with Crippen LogP contribution in [0.4, 0.5) is 0 Å². The molecule has 0 bridgehead atoms. The molecule has 2 N–H and O–H groups in total. The van der Waals surface area contributed by atoms with E-state index in [0.29, 0.717) is 6.61 Å². The molecule has 0 amide bonds. The van der Waals surface area contributed by atoms with Gasteiger partial charge in [0.15, 0.2) is 0 Å². The lowest BCUT2D eigenvalue weighted by molar-refractivity contribution is 0.303. The molecule has 1 aromatic carbocycles. The number of nitrogens with one attached hydrogen (secondary N) is 1. The first-order valence-corrected chi connectivity index (χ1v) is 5.39. The van der Waals surface area contributed by atoms with E-state index in [1.807, 2.05) is 13.1 Å². The zero-order valence-corrected chi connectivity index (χ0v) is 10.4. The van der Waals surface area contributed by atoms with E-state index < -0.39 is 0 Å². The molecule has 0 spiro atoms. The van der Waals surface area contributed by atoms with Crippen molar-refractivity contribution >= 4 is 12.4 Å².